The Balaban J connectivity index is 0.00000150. The molecule has 3 aliphatic rings. The average molecular weight is 459 g/mol. The quantitative estimate of drug-likeness (QED) is 0.736. The van der Waals surface area contributed by atoms with E-state index < -0.39 is 12.1 Å². The zero-order valence-corrected chi connectivity index (χ0v) is 19.2. The third-order valence-corrected chi connectivity index (χ3v) is 6.76. The van der Waals surface area contributed by atoms with Gasteiger partial charge >= 0.3 is 0 Å². The van der Waals surface area contributed by atoms with E-state index in [-0.39, 0.29) is 57.3 Å². The molecule has 29 heavy (non-hydrogen) atoms. The smallest absolute Gasteiger partial charge is 0.252 e. The van der Waals surface area contributed by atoms with Crippen molar-refractivity contribution in [1.82, 2.24) is 10.2 Å². The molecule has 0 unspecified atom stereocenters. The lowest BCUT2D eigenvalue weighted by molar-refractivity contribution is -0.138. The van der Waals surface area contributed by atoms with Crippen LogP contribution in [-0.4, -0.2) is 53.8 Å². The Bertz CT molecular complexity index is 707. The van der Waals surface area contributed by atoms with E-state index >= 15 is 0 Å². The summed E-state index contributed by atoms with van der Waals surface area (Å²) in [6, 6.07) is 0.722. The molecule has 3 heterocycles. The highest BCUT2D eigenvalue weighted by Crippen LogP contribution is 2.31. The molecule has 4 rings (SSSR count). The van der Waals surface area contributed by atoms with Gasteiger partial charge in [-0.1, -0.05) is 32.1 Å². The molecule has 1 aromatic rings. The highest BCUT2D eigenvalue weighted by Gasteiger charge is 2.48. The summed E-state index contributed by atoms with van der Waals surface area (Å²) in [6.07, 6.45) is 6.99. The molecule has 1 saturated carbocycles. The molecule has 1 aliphatic carbocycles. The predicted molar refractivity (Wildman–Crippen MR) is 122 cm³/mol. The summed E-state index contributed by atoms with van der Waals surface area (Å²) in [4.78, 5) is 39.8. The third kappa shape index (κ3) is 5.37. The fourth-order valence-corrected chi connectivity index (χ4v) is 5.29. The average Bonchev–Trinajstić information content (AvgIpc) is 3.41. The van der Waals surface area contributed by atoms with Crippen LogP contribution in [0.1, 0.15) is 55.3 Å². The molecule has 2 aliphatic heterocycles. The predicted octanol–water partition coefficient (Wildman–Crippen LogP) is 2.61. The van der Waals surface area contributed by atoms with Crippen LogP contribution < -0.4 is 5.32 Å². The van der Waals surface area contributed by atoms with Crippen molar-refractivity contribution in [2.75, 3.05) is 13.2 Å². The largest absolute Gasteiger partial charge is 0.368 e. The zero-order chi connectivity index (χ0) is 18.8. The Morgan fingerprint density at radius 2 is 1.97 bits per heavy atom. The molecule has 1 aromatic heterocycles. The molecule has 0 bridgehead atoms. The van der Waals surface area contributed by atoms with Gasteiger partial charge in [0.05, 0.1) is 11.7 Å². The minimum absolute atomic E-state index is 0. The number of ether oxygens (including phenoxy) is 1. The van der Waals surface area contributed by atoms with Crippen molar-refractivity contribution in [2.45, 2.75) is 63.1 Å². The number of carbonyl (C=O) groups excluding carboxylic acids is 3. The van der Waals surface area contributed by atoms with E-state index in [2.05, 4.69) is 5.32 Å². The molecule has 3 atom stereocenters. The number of thiophene rings is 1. The molecule has 0 radical (unpaired) electrons. The number of amides is 2. The van der Waals surface area contributed by atoms with Crippen LogP contribution >= 0.6 is 38.3 Å². The van der Waals surface area contributed by atoms with Crippen molar-refractivity contribution >= 4 is 55.9 Å². The summed E-state index contributed by atoms with van der Waals surface area (Å²) in [5, 5.41) is 6.61. The molecule has 6 nitrogen and oxygen atoms in total. The number of fused-ring (bicyclic) bond motifs is 1. The van der Waals surface area contributed by atoms with Crippen LogP contribution in [0.2, 0.25) is 0 Å². The number of nitrogens with zero attached hydrogens (tertiary/aromatic N) is 1. The number of Topliss-reactive ketones (excluding diaryl/α,β-unsaturated/α-hetero) is 1. The molecule has 162 valence electrons. The number of rotatable bonds is 5. The van der Waals surface area contributed by atoms with E-state index in [1.165, 1.54) is 30.6 Å². The van der Waals surface area contributed by atoms with Gasteiger partial charge in [0.1, 0.15) is 18.7 Å². The lowest BCUT2D eigenvalue weighted by Crippen LogP contribution is -2.52. The first-order chi connectivity index (χ1) is 13.1. The van der Waals surface area contributed by atoms with Gasteiger partial charge in [0.25, 0.3) is 5.91 Å². The first-order valence-electron chi connectivity index (χ1n) is 9.91. The van der Waals surface area contributed by atoms with Gasteiger partial charge < -0.3 is 15.0 Å². The van der Waals surface area contributed by atoms with Gasteiger partial charge in [-0.05, 0) is 30.2 Å². The number of nitrogens with one attached hydrogen (secondary N) is 1. The third-order valence-electron chi connectivity index (χ3n) is 6.08. The van der Waals surface area contributed by atoms with E-state index in [0.717, 1.165) is 12.8 Å². The van der Waals surface area contributed by atoms with Crippen LogP contribution in [0.25, 0.3) is 0 Å². The second kappa shape index (κ2) is 10.8. The lowest BCUT2D eigenvalue weighted by atomic mass is 9.84. The van der Waals surface area contributed by atoms with Crippen molar-refractivity contribution in [3.05, 3.63) is 22.4 Å². The number of hydrogen-bond donors (Lipinski definition) is 1. The number of ketones is 1. The van der Waals surface area contributed by atoms with Crippen LogP contribution in [0.3, 0.4) is 0 Å². The van der Waals surface area contributed by atoms with E-state index in [1.54, 1.807) is 16.3 Å². The van der Waals surface area contributed by atoms with Gasteiger partial charge in [-0.3, -0.25) is 14.4 Å². The first-order valence-corrected chi connectivity index (χ1v) is 10.9. The topological polar surface area (TPSA) is 75.7 Å². The molecule has 1 N–H and O–H groups in total. The molecule has 9 heteroatoms. The molecule has 0 aromatic carbocycles. The first kappa shape index (κ1) is 24.2. The van der Waals surface area contributed by atoms with Gasteiger partial charge in [-0.15, -0.1) is 0 Å². The highest BCUT2D eigenvalue weighted by atomic mass is 32.1. The van der Waals surface area contributed by atoms with Crippen molar-refractivity contribution in [3.63, 3.8) is 0 Å². The fraction of sp³-hybridized carbons (Fsp3) is 0.650. The van der Waals surface area contributed by atoms with Crippen LogP contribution in [0.15, 0.2) is 16.8 Å². The maximum atomic E-state index is 13.3. The Kier molecular flexibility index (Phi) is 9.06. The van der Waals surface area contributed by atoms with Crippen LogP contribution in [0, 0.1) is 5.92 Å². The van der Waals surface area contributed by atoms with Crippen molar-refractivity contribution < 1.29 is 19.1 Å². The second-order valence-electron chi connectivity index (χ2n) is 7.86. The van der Waals surface area contributed by atoms with Crippen LogP contribution in [0.5, 0.6) is 0 Å². The van der Waals surface area contributed by atoms with Gasteiger partial charge in [-0.25, -0.2) is 0 Å². The monoisotopic (exact) mass is 458 g/mol. The zero-order valence-electron chi connectivity index (χ0n) is 16.4. The molecular formula is C20H30N2O4S3. The van der Waals surface area contributed by atoms with E-state index in [9.17, 15) is 14.4 Å². The van der Waals surface area contributed by atoms with Gasteiger partial charge in [0.15, 0.2) is 5.78 Å². The summed E-state index contributed by atoms with van der Waals surface area (Å²) in [7, 11) is 0. The molecule has 2 saturated heterocycles. The Morgan fingerprint density at radius 1 is 1.21 bits per heavy atom. The molecule has 2 amide bonds. The summed E-state index contributed by atoms with van der Waals surface area (Å²) < 4.78 is 5.51. The summed E-state index contributed by atoms with van der Waals surface area (Å²) in [5.74, 6) is 0.0847. The number of likely N-dealkylation sites (tertiary alicyclic amines) is 1. The fourth-order valence-electron chi connectivity index (χ4n) is 4.65. The lowest BCUT2D eigenvalue weighted by Gasteiger charge is -2.31. The second-order valence-corrected chi connectivity index (χ2v) is 8.64. The number of hydrogen-bond acceptors (Lipinski definition) is 5. The van der Waals surface area contributed by atoms with Crippen molar-refractivity contribution in [3.8, 4) is 0 Å². The highest BCUT2D eigenvalue weighted by molar-refractivity contribution is 7.59. The summed E-state index contributed by atoms with van der Waals surface area (Å²) in [5.41, 5.74) is 0.584. The molecule has 0 spiro atoms. The van der Waals surface area contributed by atoms with Crippen LogP contribution in [-0.2, 0) is 14.3 Å². The minimum Gasteiger partial charge on any atom is -0.368 e. The van der Waals surface area contributed by atoms with E-state index in [4.69, 9.17) is 4.74 Å². The van der Waals surface area contributed by atoms with Gasteiger partial charge in [0, 0.05) is 11.9 Å². The molecular weight excluding hydrogens is 428 g/mol. The van der Waals surface area contributed by atoms with Crippen molar-refractivity contribution in [2.24, 2.45) is 5.92 Å². The Morgan fingerprint density at radius 3 is 2.66 bits per heavy atom. The van der Waals surface area contributed by atoms with Gasteiger partial charge in [-0.2, -0.15) is 38.3 Å². The summed E-state index contributed by atoms with van der Waals surface area (Å²) >= 11 is 1.46. The molecule has 3 fully saturated rings. The standard InChI is InChI=1S/C20H26N2O4S.2H2S/c23-16-11-26-17-6-8-22(18(16)17)20(25)15(10-13-4-2-1-3-5-13)21-19(24)14-7-9-27-12-14;;/h7,9,12-13,15,17-18H,1-6,8,10-11H2,(H,21,24);2*1H2/t15-,17+,18+;;/m0../s1. The van der Waals surface area contributed by atoms with Crippen LogP contribution in [0.4, 0.5) is 0 Å². The maximum absolute atomic E-state index is 13.3. The maximum Gasteiger partial charge on any atom is 0.252 e. The van der Waals surface area contributed by atoms with Crippen molar-refractivity contribution in [1.29, 1.82) is 0 Å². The SMILES string of the molecule is O=C(N[C@@H](CC1CCCCC1)C(=O)N1CC[C@H]2OCC(=O)[C@H]21)c1ccsc1.S.S. The number of carbonyl (C=O) groups is 3. The van der Waals surface area contributed by atoms with Gasteiger partial charge in [0.2, 0.25) is 5.91 Å². The minimum atomic E-state index is -0.576. The van der Waals surface area contributed by atoms with E-state index in [0.29, 0.717) is 30.9 Å². The Hall–Kier alpha value is -1.03. The normalized spacial score (nSPS) is 25.0. The Labute approximate surface area is 189 Å². The summed E-state index contributed by atoms with van der Waals surface area (Å²) in [6.45, 7) is 0.614. The van der Waals surface area contributed by atoms with E-state index in [1.807, 2.05) is 5.38 Å².